The van der Waals surface area contributed by atoms with Crippen LogP contribution in [0.4, 0.5) is 15.8 Å². The Labute approximate surface area is 110 Å². The number of aromatic carboxylic acids is 1. The van der Waals surface area contributed by atoms with Gasteiger partial charge in [-0.25, -0.2) is 9.18 Å². The lowest BCUT2D eigenvalue weighted by Crippen LogP contribution is -2.45. The average molecular weight is 268 g/mol. The van der Waals surface area contributed by atoms with Crippen molar-refractivity contribution in [3.8, 4) is 0 Å². The number of nitrogens with two attached hydrogens (primary N) is 1. The Kier molecular flexibility index (Phi) is 3.61. The third-order valence-corrected chi connectivity index (χ3v) is 3.70. The van der Waals surface area contributed by atoms with Crippen molar-refractivity contribution in [1.29, 1.82) is 0 Å². The van der Waals surface area contributed by atoms with Gasteiger partial charge in [0.1, 0.15) is 11.4 Å². The van der Waals surface area contributed by atoms with Crippen LogP contribution in [0.5, 0.6) is 0 Å². The lowest BCUT2D eigenvalue weighted by Gasteiger charge is -2.40. The monoisotopic (exact) mass is 268 g/mol. The van der Waals surface area contributed by atoms with E-state index in [0.29, 0.717) is 12.2 Å². The standard InChI is InChI=1S/C13H17FN2O3/c1-19-13(5-2-6-13)7-16-9-4-3-8(14)11(15)10(9)12(17)18/h3-4,16H,2,5-7,15H2,1H3,(H,17,18). The van der Waals surface area contributed by atoms with Gasteiger partial charge >= 0.3 is 5.97 Å². The fourth-order valence-corrected chi connectivity index (χ4v) is 2.25. The molecule has 2 rings (SSSR count). The number of benzene rings is 1. The second kappa shape index (κ2) is 5.05. The largest absolute Gasteiger partial charge is 0.478 e. The van der Waals surface area contributed by atoms with Gasteiger partial charge in [0.25, 0.3) is 0 Å². The minimum atomic E-state index is -1.25. The average Bonchev–Trinajstić information content (AvgIpc) is 2.32. The van der Waals surface area contributed by atoms with Gasteiger partial charge < -0.3 is 20.9 Å². The van der Waals surface area contributed by atoms with Gasteiger partial charge in [-0.15, -0.1) is 0 Å². The molecule has 0 radical (unpaired) electrons. The van der Waals surface area contributed by atoms with Gasteiger partial charge in [-0.05, 0) is 31.4 Å². The summed E-state index contributed by atoms with van der Waals surface area (Å²) in [6.45, 7) is 0.481. The number of carboxylic acid groups (broad SMARTS) is 1. The summed E-state index contributed by atoms with van der Waals surface area (Å²) in [7, 11) is 1.64. The molecule has 1 aliphatic carbocycles. The van der Waals surface area contributed by atoms with Crippen molar-refractivity contribution in [2.24, 2.45) is 0 Å². The van der Waals surface area contributed by atoms with Crippen LogP contribution in [0.1, 0.15) is 29.6 Å². The van der Waals surface area contributed by atoms with Crippen LogP contribution >= 0.6 is 0 Å². The van der Waals surface area contributed by atoms with Crippen molar-refractivity contribution in [2.45, 2.75) is 24.9 Å². The molecule has 1 fully saturated rings. The first kappa shape index (κ1) is 13.6. The van der Waals surface area contributed by atoms with Crippen LogP contribution in [0.15, 0.2) is 12.1 Å². The number of halogens is 1. The zero-order valence-corrected chi connectivity index (χ0v) is 10.7. The van der Waals surface area contributed by atoms with Gasteiger partial charge in [0, 0.05) is 13.7 Å². The summed E-state index contributed by atoms with van der Waals surface area (Å²) in [6.07, 6.45) is 2.94. The number of anilines is 2. The molecule has 0 aliphatic heterocycles. The van der Waals surface area contributed by atoms with Crippen molar-refractivity contribution in [3.63, 3.8) is 0 Å². The van der Waals surface area contributed by atoms with E-state index in [-0.39, 0.29) is 16.9 Å². The molecule has 104 valence electrons. The lowest BCUT2D eigenvalue weighted by molar-refractivity contribution is -0.0601. The zero-order chi connectivity index (χ0) is 14.0. The Morgan fingerprint density at radius 2 is 2.26 bits per heavy atom. The van der Waals surface area contributed by atoms with E-state index in [1.807, 2.05) is 0 Å². The summed E-state index contributed by atoms with van der Waals surface area (Å²) in [5.41, 5.74) is 4.96. The third kappa shape index (κ3) is 2.49. The molecule has 0 saturated heterocycles. The Morgan fingerprint density at radius 3 is 2.74 bits per heavy atom. The van der Waals surface area contributed by atoms with E-state index in [4.69, 9.17) is 15.6 Å². The normalized spacial score (nSPS) is 16.7. The molecule has 0 amide bonds. The molecule has 0 atom stereocenters. The summed E-state index contributed by atoms with van der Waals surface area (Å²) < 4.78 is 18.7. The number of nitrogen functional groups attached to an aromatic ring is 1. The maximum absolute atomic E-state index is 13.3. The molecule has 4 N–H and O–H groups in total. The first-order valence-electron chi connectivity index (χ1n) is 6.09. The van der Waals surface area contributed by atoms with Gasteiger partial charge in [0.05, 0.1) is 17.0 Å². The van der Waals surface area contributed by atoms with E-state index in [9.17, 15) is 9.18 Å². The summed E-state index contributed by atoms with van der Waals surface area (Å²) in [5.74, 6) is -1.98. The number of methoxy groups -OCH3 is 1. The predicted octanol–water partition coefficient (Wildman–Crippen LogP) is 2.09. The van der Waals surface area contributed by atoms with Crippen LogP contribution < -0.4 is 11.1 Å². The smallest absolute Gasteiger partial charge is 0.340 e. The van der Waals surface area contributed by atoms with E-state index in [2.05, 4.69) is 5.32 Å². The maximum atomic E-state index is 13.3. The summed E-state index contributed by atoms with van der Waals surface area (Å²) in [4.78, 5) is 11.2. The van der Waals surface area contributed by atoms with Crippen LogP contribution in [0, 0.1) is 5.82 Å². The first-order chi connectivity index (χ1) is 8.99. The molecular formula is C13H17FN2O3. The molecule has 1 saturated carbocycles. The van der Waals surface area contributed by atoms with Crippen LogP contribution in [-0.2, 0) is 4.74 Å². The van der Waals surface area contributed by atoms with Crippen molar-refractivity contribution >= 4 is 17.3 Å². The molecule has 0 unspecified atom stereocenters. The molecule has 0 bridgehead atoms. The Morgan fingerprint density at radius 1 is 1.58 bits per heavy atom. The predicted molar refractivity (Wildman–Crippen MR) is 69.9 cm³/mol. The number of hydrogen-bond donors (Lipinski definition) is 3. The summed E-state index contributed by atoms with van der Waals surface area (Å²) in [5, 5.41) is 12.1. The maximum Gasteiger partial charge on any atom is 0.340 e. The van der Waals surface area contributed by atoms with E-state index in [0.717, 1.165) is 25.3 Å². The van der Waals surface area contributed by atoms with Gasteiger partial charge in [-0.2, -0.15) is 0 Å². The Hall–Kier alpha value is -1.82. The first-order valence-corrected chi connectivity index (χ1v) is 6.09. The van der Waals surface area contributed by atoms with Gasteiger partial charge in [-0.3, -0.25) is 0 Å². The van der Waals surface area contributed by atoms with Gasteiger partial charge in [-0.1, -0.05) is 0 Å². The molecule has 5 nitrogen and oxygen atoms in total. The van der Waals surface area contributed by atoms with Crippen LogP contribution in [0.2, 0.25) is 0 Å². The molecule has 19 heavy (non-hydrogen) atoms. The fraction of sp³-hybridized carbons (Fsp3) is 0.462. The molecule has 1 aliphatic rings. The van der Waals surface area contributed by atoms with Gasteiger partial charge in [0.2, 0.25) is 0 Å². The van der Waals surface area contributed by atoms with Crippen LogP contribution in [0.3, 0.4) is 0 Å². The molecule has 0 aromatic heterocycles. The number of ether oxygens (including phenoxy) is 1. The second-order valence-corrected chi connectivity index (χ2v) is 4.78. The number of carbonyl (C=O) groups is 1. The highest BCUT2D eigenvalue weighted by molar-refractivity contribution is 6.00. The van der Waals surface area contributed by atoms with E-state index in [1.54, 1.807) is 7.11 Å². The molecule has 0 spiro atoms. The number of carboxylic acids is 1. The quantitative estimate of drug-likeness (QED) is 0.712. The SMILES string of the molecule is COC1(CNc2ccc(F)c(N)c2C(=O)O)CCC1. The molecular weight excluding hydrogens is 251 g/mol. The topological polar surface area (TPSA) is 84.6 Å². The lowest BCUT2D eigenvalue weighted by atomic mass is 9.80. The van der Waals surface area contributed by atoms with Crippen LogP contribution in [0.25, 0.3) is 0 Å². The van der Waals surface area contributed by atoms with E-state index < -0.39 is 11.8 Å². The molecule has 1 aromatic rings. The third-order valence-electron chi connectivity index (χ3n) is 3.70. The number of hydrogen-bond acceptors (Lipinski definition) is 4. The minimum absolute atomic E-state index is 0.231. The molecule has 0 heterocycles. The Balaban J connectivity index is 2.20. The second-order valence-electron chi connectivity index (χ2n) is 4.78. The van der Waals surface area contributed by atoms with E-state index >= 15 is 0 Å². The summed E-state index contributed by atoms with van der Waals surface area (Å²) in [6, 6.07) is 2.54. The number of nitrogens with one attached hydrogen (secondary N) is 1. The number of rotatable bonds is 5. The van der Waals surface area contributed by atoms with E-state index in [1.165, 1.54) is 6.07 Å². The van der Waals surface area contributed by atoms with Crippen molar-refractivity contribution in [1.82, 2.24) is 0 Å². The fourth-order valence-electron chi connectivity index (χ4n) is 2.25. The molecule has 6 heteroatoms. The minimum Gasteiger partial charge on any atom is -0.478 e. The zero-order valence-electron chi connectivity index (χ0n) is 10.7. The highest BCUT2D eigenvalue weighted by Crippen LogP contribution is 2.35. The van der Waals surface area contributed by atoms with Crippen molar-refractivity contribution < 1.29 is 19.0 Å². The van der Waals surface area contributed by atoms with Crippen molar-refractivity contribution in [2.75, 3.05) is 24.7 Å². The Bertz CT molecular complexity index is 495. The van der Waals surface area contributed by atoms with Crippen LogP contribution in [-0.4, -0.2) is 30.3 Å². The van der Waals surface area contributed by atoms with Gasteiger partial charge in [0.15, 0.2) is 0 Å². The highest BCUT2D eigenvalue weighted by Gasteiger charge is 2.37. The van der Waals surface area contributed by atoms with Crippen molar-refractivity contribution in [3.05, 3.63) is 23.5 Å². The molecule has 1 aromatic carbocycles. The highest BCUT2D eigenvalue weighted by atomic mass is 19.1. The summed E-state index contributed by atoms with van der Waals surface area (Å²) >= 11 is 0.